The number of hydrogen-bond donors (Lipinski definition) is 2. The third-order valence-electron chi connectivity index (χ3n) is 3.89. The van der Waals surface area contributed by atoms with Gasteiger partial charge < -0.3 is 48.5 Å². The summed E-state index contributed by atoms with van der Waals surface area (Å²) in [4.78, 5) is 23.0. The van der Waals surface area contributed by atoms with Gasteiger partial charge in [0.1, 0.15) is 13.2 Å². The van der Waals surface area contributed by atoms with E-state index in [-0.39, 0.29) is 32.3 Å². The second-order valence-corrected chi connectivity index (χ2v) is 6.85. The van der Waals surface area contributed by atoms with Crippen molar-refractivity contribution in [3.63, 3.8) is 0 Å². The van der Waals surface area contributed by atoms with Gasteiger partial charge in [-0.1, -0.05) is 6.92 Å². The minimum absolute atomic E-state index is 0.0322. The van der Waals surface area contributed by atoms with E-state index < -0.39 is 5.97 Å². The maximum Gasteiger partial charge on any atom is 0.320 e. The normalized spacial score (nSPS) is 11.0. The summed E-state index contributed by atoms with van der Waals surface area (Å²) in [5.74, 6) is -0.759. The van der Waals surface area contributed by atoms with E-state index in [1.807, 2.05) is 0 Å². The van der Waals surface area contributed by atoms with Crippen LogP contribution in [0.3, 0.4) is 0 Å². The molecule has 0 aromatic heterocycles. The second-order valence-electron chi connectivity index (χ2n) is 6.85. The van der Waals surface area contributed by atoms with Gasteiger partial charge in [0.25, 0.3) is 0 Å². The summed E-state index contributed by atoms with van der Waals surface area (Å²) in [6.07, 6.45) is 1.01. The largest absolute Gasteiger partial charge is 0.463 e. The smallest absolute Gasteiger partial charge is 0.320 e. The van der Waals surface area contributed by atoms with Gasteiger partial charge in [-0.15, -0.1) is 0 Å². The maximum absolute atomic E-state index is 11.6. The molecule has 0 fully saturated rings. The van der Waals surface area contributed by atoms with Crippen molar-refractivity contribution in [2.75, 3.05) is 119 Å². The molecule has 0 rings (SSSR count). The van der Waals surface area contributed by atoms with Gasteiger partial charge in [0, 0.05) is 26.8 Å². The number of carbonyl (C=O) groups is 2. The van der Waals surface area contributed by atoms with Crippen molar-refractivity contribution in [2.45, 2.75) is 13.3 Å². The minimum atomic E-state index is -0.401. The van der Waals surface area contributed by atoms with Crippen LogP contribution in [0.5, 0.6) is 0 Å². The number of rotatable bonds is 27. The van der Waals surface area contributed by atoms with Gasteiger partial charge in [-0.3, -0.25) is 9.59 Å². The summed E-state index contributed by atoms with van der Waals surface area (Å²) in [6, 6.07) is 0. The second kappa shape index (κ2) is 27.9. The van der Waals surface area contributed by atoms with Gasteiger partial charge in [-0.05, 0) is 6.42 Å². The number of ether oxygens (including phenoxy) is 8. The first-order valence-corrected chi connectivity index (χ1v) is 11.8. The Bertz CT molecular complexity index is 457. The molecule has 34 heavy (non-hydrogen) atoms. The van der Waals surface area contributed by atoms with Crippen molar-refractivity contribution in [3.05, 3.63) is 0 Å². The molecule has 0 aliphatic heterocycles. The lowest BCUT2D eigenvalue weighted by Gasteiger charge is -2.09. The highest BCUT2D eigenvalue weighted by atomic mass is 16.6. The molecule has 0 aromatic rings. The highest BCUT2D eigenvalue weighted by Gasteiger charge is 2.04. The van der Waals surface area contributed by atoms with Gasteiger partial charge in [0.05, 0.1) is 79.2 Å². The molecule has 0 amide bonds. The summed E-state index contributed by atoms with van der Waals surface area (Å²) in [5, 5.41) is 5.73. The summed E-state index contributed by atoms with van der Waals surface area (Å²) in [7, 11) is 1.59. The summed E-state index contributed by atoms with van der Waals surface area (Å²) in [6.45, 7) is 9.13. The molecule has 12 nitrogen and oxygen atoms in total. The topological polar surface area (TPSA) is 132 Å². The number of carbonyl (C=O) groups excluding carboxylic acids is 2. The van der Waals surface area contributed by atoms with E-state index in [9.17, 15) is 9.59 Å². The Morgan fingerprint density at radius 1 is 0.529 bits per heavy atom. The van der Waals surface area contributed by atoms with Crippen molar-refractivity contribution in [1.82, 2.24) is 10.6 Å². The predicted octanol–water partition coefficient (Wildman–Crippen LogP) is -0.609. The third-order valence-corrected chi connectivity index (χ3v) is 3.89. The van der Waals surface area contributed by atoms with E-state index >= 15 is 0 Å². The first-order valence-electron chi connectivity index (χ1n) is 11.8. The van der Waals surface area contributed by atoms with E-state index in [0.29, 0.717) is 79.2 Å². The Morgan fingerprint density at radius 3 is 1.35 bits per heavy atom. The summed E-state index contributed by atoms with van der Waals surface area (Å²) < 4.78 is 41.7. The first-order chi connectivity index (χ1) is 16.7. The van der Waals surface area contributed by atoms with E-state index in [4.69, 9.17) is 37.9 Å². The molecule has 0 unspecified atom stereocenters. The van der Waals surface area contributed by atoms with Crippen molar-refractivity contribution in [1.29, 1.82) is 0 Å². The van der Waals surface area contributed by atoms with Crippen LogP contribution in [0.25, 0.3) is 0 Å². The molecule has 0 spiro atoms. The average Bonchev–Trinajstić information content (AvgIpc) is 2.83. The van der Waals surface area contributed by atoms with Crippen LogP contribution in [0.2, 0.25) is 0 Å². The maximum atomic E-state index is 11.6. The Labute approximate surface area is 203 Å². The fourth-order valence-electron chi connectivity index (χ4n) is 2.23. The van der Waals surface area contributed by atoms with E-state index in [2.05, 4.69) is 17.6 Å². The van der Waals surface area contributed by atoms with Crippen LogP contribution in [0.4, 0.5) is 0 Å². The molecular weight excluding hydrogens is 452 g/mol. The average molecular weight is 497 g/mol. The van der Waals surface area contributed by atoms with E-state index in [1.54, 1.807) is 7.11 Å². The standard InChI is InChI=1S/C22H44N2O10/c1-3-6-28-9-10-29-11-12-30-13-14-31-15-16-32-17-18-34-22(26)20-24-5-8-33-21(25)19-23-4-7-27-2/h23-24H,3-20H2,1-2H3. The van der Waals surface area contributed by atoms with Crippen molar-refractivity contribution >= 4 is 11.9 Å². The van der Waals surface area contributed by atoms with Gasteiger partial charge in [0.2, 0.25) is 0 Å². The summed E-state index contributed by atoms with van der Waals surface area (Å²) in [5.41, 5.74) is 0. The van der Waals surface area contributed by atoms with Crippen LogP contribution in [0.15, 0.2) is 0 Å². The number of hydrogen-bond acceptors (Lipinski definition) is 12. The molecule has 0 aliphatic rings. The molecule has 12 heteroatoms. The van der Waals surface area contributed by atoms with Gasteiger partial charge >= 0.3 is 11.9 Å². The fraction of sp³-hybridized carbons (Fsp3) is 0.909. The fourth-order valence-corrected chi connectivity index (χ4v) is 2.23. The lowest BCUT2D eigenvalue weighted by atomic mass is 10.5. The Morgan fingerprint density at radius 2 is 0.912 bits per heavy atom. The zero-order chi connectivity index (χ0) is 25.0. The minimum Gasteiger partial charge on any atom is -0.463 e. The van der Waals surface area contributed by atoms with Crippen LogP contribution in [0, 0.1) is 0 Å². The number of nitrogens with one attached hydrogen (secondary N) is 2. The predicted molar refractivity (Wildman–Crippen MR) is 124 cm³/mol. The highest BCUT2D eigenvalue weighted by Crippen LogP contribution is 1.86. The van der Waals surface area contributed by atoms with Crippen LogP contribution in [-0.4, -0.2) is 131 Å². The van der Waals surface area contributed by atoms with Crippen LogP contribution < -0.4 is 10.6 Å². The molecule has 0 saturated heterocycles. The molecule has 0 aromatic carbocycles. The van der Waals surface area contributed by atoms with E-state index in [0.717, 1.165) is 13.0 Å². The van der Waals surface area contributed by atoms with Gasteiger partial charge in [-0.2, -0.15) is 0 Å². The molecule has 202 valence electrons. The molecular formula is C22H44N2O10. The Balaban J connectivity index is 3.21. The Hall–Kier alpha value is -1.38. The lowest BCUT2D eigenvalue weighted by Crippen LogP contribution is -2.31. The van der Waals surface area contributed by atoms with Crippen LogP contribution in [0.1, 0.15) is 13.3 Å². The van der Waals surface area contributed by atoms with Crippen LogP contribution in [-0.2, 0) is 47.5 Å². The van der Waals surface area contributed by atoms with Gasteiger partial charge in [0.15, 0.2) is 0 Å². The molecule has 0 bridgehead atoms. The van der Waals surface area contributed by atoms with Crippen molar-refractivity contribution in [3.8, 4) is 0 Å². The van der Waals surface area contributed by atoms with Crippen molar-refractivity contribution in [2.24, 2.45) is 0 Å². The molecule has 2 N–H and O–H groups in total. The quantitative estimate of drug-likeness (QED) is 0.111. The molecule has 0 radical (unpaired) electrons. The zero-order valence-corrected chi connectivity index (χ0v) is 20.8. The first kappa shape index (κ1) is 32.6. The highest BCUT2D eigenvalue weighted by molar-refractivity contribution is 5.72. The Kier molecular flexibility index (Phi) is 26.7. The lowest BCUT2D eigenvalue weighted by molar-refractivity contribution is -0.144. The molecule has 0 aliphatic carbocycles. The zero-order valence-electron chi connectivity index (χ0n) is 20.8. The molecule has 0 atom stereocenters. The summed E-state index contributed by atoms with van der Waals surface area (Å²) >= 11 is 0. The third kappa shape index (κ3) is 26.9. The van der Waals surface area contributed by atoms with E-state index in [1.165, 1.54) is 0 Å². The van der Waals surface area contributed by atoms with Crippen molar-refractivity contribution < 1.29 is 47.5 Å². The number of methoxy groups -OCH3 is 1. The van der Waals surface area contributed by atoms with Gasteiger partial charge in [-0.25, -0.2) is 0 Å². The SMILES string of the molecule is CCCOCCOCCOCCOCCOCCOC(=O)CNCCOC(=O)CNCCOC. The van der Waals surface area contributed by atoms with Crippen LogP contribution >= 0.6 is 0 Å². The monoisotopic (exact) mass is 496 g/mol. The molecule has 0 heterocycles. The molecule has 0 saturated carbocycles. The number of esters is 2.